The second-order valence-electron chi connectivity index (χ2n) is 6.46. The number of sulfonamides is 1. The summed E-state index contributed by atoms with van der Waals surface area (Å²) < 4.78 is 50.3. The molecule has 10 heteroatoms. The van der Waals surface area contributed by atoms with Crippen LogP contribution in [0.15, 0.2) is 23.1 Å². The zero-order chi connectivity index (χ0) is 20.1. The number of halogens is 1. The smallest absolute Gasteiger partial charge is 0.251 e. The van der Waals surface area contributed by atoms with E-state index < -0.39 is 25.8 Å². The lowest BCUT2D eigenvalue weighted by Gasteiger charge is -2.21. The fourth-order valence-corrected chi connectivity index (χ4v) is 5.55. The number of carbonyl (C=O) groups excluding carboxylic acids is 1. The van der Waals surface area contributed by atoms with Crippen LogP contribution in [0.5, 0.6) is 0 Å². The monoisotopic (exact) mass is 436 g/mol. The number of carbonyl (C=O) groups is 1. The predicted octanol–water partition coefficient (Wildman–Crippen LogP) is 2.07. The van der Waals surface area contributed by atoms with Gasteiger partial charge in [-0.2, -0.15) is 4.31 Å². The van der Waals surface area contributed by atoms with Gasteiger partial charge in [-0.25, -0.2) is 16.8 Å². The van der Waals surface area contributed by atoms with E-state index in [1.165, 1.54) is 29.4 Å². The molecule has 2 rings (SSSR count). The molecule has 0 unspecified atom stereocenters. The zero-order valence-electron chi connectivity index (χ0n) is 15.3. The lowest BCUT2D eigenvalue weighted by molar-refractivity contribution is 0.0956. The number of hydrogen-bond donors (Lipinski definition) is 1. The van der Waals surface area contributed by atoms with Gasteiger partial charge >= 0.3 is 0 Å². The van der Waals surface area contributed by atoms with Gasteiger partial charge in [0.25, 0.3) is 5.91 Å². The standard InChI is InChI=1S/C17H25ClN2O5S2/c1-2-26(22,23)12-9-19-17(21)14-7-8-15(18)16(13-14)27(24,25)20-10-5-3-4-6-11-20/h7-8,13H,2-6,9-12H2,1H3,(H,19,21). The minimum atomic E-state index is -3.79. The van der Waals surface area contributed by atoms with Crippen molar-refractivity contribution in [3.8, 4) is 0 Å². The van der Waals surface area contributed by atoms with Crippen molar-refractivity contribution in [2.45, 2.75) is 37.5 Å². The second-order valence-corrected chi connectivity index (χ2v) is 11.2. The number of nitrogens with zero attached hydrogens (tertiary/aromatic N) is 1. The van der Waals surface area contributed by atoms with Gasteiger partial charge in [-0.1, -0.05) is 31.4 Å². The topological polar surface area (TPSA) is 101 Å². The molecule has 1 aliphatic heterocycles. The van der Waals surface area contributed by atoms with Crippen LogP contribution in [0, 0.1) is 0 Å². The fraction of sp³-hybridized carbons (Fsp3) is 0.588. The average Bonchev–Trinajstić information content (AvgIpc) is 2.91. The van der Waals surface area contributed by atoms with Crippen LogP contribution in [-0.2, 0) is 19.9 Å². The second kappa shape index (κ2) is 9.36. The number of nitrogens with one attached hydrogen (secondary N) is 1. The van der Waals surface area contributed by atoms with E-state index in [1.807, 2.05) is 0 Å². The van der Waals surface area contributed by atoms with Gasteiger partial charge in [0.1, 0.15) is 4.90 Å². The Kier molecular flexibility index (Phi) is 7.67. The van der Waals surface area contributed by atoms with Crippen molar-refractivity contribution < 1.29 is 21.6 Å². The van der Waals surface area contributed by atoms with Crippen molar-refractivity contribution in [1.29, 1.82) is 0 Å². The van der Waals surface area contributed by atoms with Gasteiger partial charge < -0.3 is 5.32 Å². The number of benzene rings is 1. The SMILES string of the molecule is CCS(=O)(=O)CCNC(=O)c1ccc(Cl)c(S(=O)(=O)N2CCCCCC2)c1. The molecule has 1 amide bonds. The Hall–Kier alpha value is -1.16. The number of hydrogen-bond acceptors (Lipinski definition) is 5. The molecule has 0 aromatic heterocycles. The van der Waals surface area contributed by atoms with Gasteiger partial charge in [-0.15, -0.1) is 0 Å². The number of rotatable bonds is 7. The highest BCUT2D eigenvalue weighted by Gasteiger charge is 2.28. The van der Waals surface area contributed by atoms with Gasteiger partial charge in [0.15, 0.2) is 9.84 Å². The van der Waals surface area contributed by atoms with Crippen molar-refractivity contribution in [3.05, 3.63) is 28.8 Å². The van der Waals surface area contributed by atoms with Crippen LogP contribution in [0.25, 0.3) is 0 Å². The van der Waals surface area contributed by atoms with E-state index in [-0.39, 0.29) is 33.5 Å². The van der Waals surface area contributed by atoms with E-state index in [0.29, 0.717) is 13.1 Å². The normalized spacial score (nSPS) is 16.7. The van der Waals surface area contributed by atoms with Gasteiger partial charge in [-0.3, -0.25) is 4.79 Å². The zero-order valence-corrected chi connectivity index (χ0v) is 17.7. The van der Waals surface area contributed by atoms with Crippen LogP contribution in [0.3, 0.4) is 0 Å². The first kappa shape index (κ1) is 22.1. The molecule has 0 saturated carbocycles. The minimum absolute atomic E-state index is 0.00203. The molecule has 0 spiro atoms. The van der Waals surface area contributed by atoms with E-state index >= 15 is 0 Å². The molecule has 7 nitrogen and oxygen atoms in total. The van der Waals surface area contributed by atoms with Crippen LogP contribution in [0.1, 0.15) is 43.0 Å². The summed E-state index contributed by atoms with van der Waals surface area (Å²) in [4.78, 5) is 12.2. The highest BCUT2D eigenvalue weighted by Crippen LogP contribution is 2.27. The molecule has 1 heterocycles. The summed E-state index contributed by atoms with van der Waals surface area (Å²) in [6.07, 6.45) is 3.57. The third-order valence-corrected chi connectivity index (χ3v) is 8.60. The van der Waals surface area contributed by atoms with Crippen LogP contribution in [-0.4, -0.2) is 58.2 Å². The minimum Gasteiger partial charge on any atom is -0.351 e. The Labute approximate surface area is 166 Å². The maximum Gasteiger partial charge on any atom is 0.251 e. The fourth-order valence-electron chi connectivity index (χ4n) is 2.83. The van der Waals surface area contributed by atoms with Crippen LogP contribution >= 0.6 is 11.6 Å². The molecule has 1 aromatic carbocycles. The van der Waals surface area contributed by atoms with E-state index in [2.05, 4.69) is 5.32 Å². The quantitative estimate of drug-likeness (QED) is 0.705. The van der Waals surface area contributed by atoms with Gasteiger partial charge in [0.05, 0.1) is 10.8 Å². The molecule has 1 fully saturated rings. The largest absolute Gasteiger partial charge is 0.351 e. The van der Waals surface area contributed by atoms with Crippen LogP contribution in [0.2, 0.25) is 5.02 Å². The first-order valence-corrected chi connectivity index (χ1v) is 12.6. The summed E-state index contributed by atoms with van der Waals surface area (Å²) in [5, 5.41) is 2.57. The maximum absolute atomic E-state index is 13.0. The van der Waals surface area contributed by atoms with E-state index in [1.54, 1.807) is 0 Å². The Balaban J connectivity index is 2.18. The molecule has 0 atom stereocenters. The molecule has 0 radical (unpaired) electrons. The lowest BCUT2D eigenvalue weighted by Crippen LogP contribution is -2.33. The molecule has 0 aliphatic carbocycles. The molecular formula is C17H25ClN2O5S2. The summed E-state index contributed by atoms with van der Waals surface area (Å²) in [7, 11) is -6.99. The number of sulfone groups is 1. The first-order valence-electron chi connectivity index (χ1n) is 8.95. The highest BCUT2D eigenvalue weighted by molar-refractivity contribution is 7.91. The number of amides is 1. The average molecular weight is 437 g/mol. The summed E-state index contributed by atoms with van der Waals surface area (Å²) in [5.74, 6) is -0.700. The highest BCUT2D eigenvalue weighted by atomic mass is 35.5. The molecular weight excluding hydrogens is 412 g/mol. The van der Waals surface area contributed by atoms with Gasteiger partial charge in [0, 0.05) is 31.0 Å². The molecule has 1 aromatic rings. The van der Waals surface area contributed by atoms with Crippen LogP contribution in [0.4, 0.5) is 0 Å². The molecule has 1 aliphatic rings. The third-order valence-electron chi connectivity index (χ3n) is 4.51. The molecule has 0 bridgehead atoms. The van der Waals surface area contributed by atoms with Crippen molar-refractivity contribution in [3.63, 3.8) is 0 Å². The van der Waals surface area contributed by atoms with Gasteiger partial charge in [0.2, 0.25) is 10.0 Å². The summed E-state index contributed by atoms with van der Waals surface area (Å²) in [5.41, 5.74) is 0.127. The van der Waals surface area contributed by atoms with Crippen LogP contribution < -0.4 is 5.32 Å². The predicted molar refractivity (Wildman–Crippen MR) is 105 cm³/mol. The van der Waals surface area contributed by atoms with E-state index in [9.17, 15) is 21.6 Å². The molecule has 27 heavy (non-hydrogen) atoms. The summed E-state index contributed by atoms with van der Waals surface area (Å²) in [6, 6.07) is 4.06. The van der Waals surface area contributed by atoms with Gasteiger partial charge in [-0.05, 0) is 31.0 Å². The Bertz CT molecular complexity index is 877. The Morgan fingerprint density at radius 3 is 2.33 bits per heavy atom. The Morgan fingerprint density at radius 2 is 1.74 bits per heavy atom. The van der Waals surface area contributed by atoms with Crippen molar-refractivity contribution in [2.75, 3.05) is 31.1 Å². The molecule has 1 N–H and O–H groups in total. The molecule has 1 saturated heterocycles. The maximum atomic E-state index is 13.0. The third kappa shape index (κ3) is 5.91. The Morgan fingerprint density at radius 1 is 1.11 bits per heavy atom. The van der Waals surface area contributed by atoms with E-state index in [4.69, 9.17) is 11.6 Å². The van der Waals surface area contributed by atoms with Crippen molar-refractivity contribution in [1.82, 2.24) is 9.62 Å². The summed E-state index contributed by atoms with van der Waals surface area (Å²) >= 11 is 6.11. The van der Waals surface area contributed by atoms with Crippen molar-refractivity contribution >= 4 is 37.4 Å². The summed E-state index contributed by atoms with van der Waals surface area (Å²) in [6.45, 7) is 2.37. The van der Waals surface area contributed by atoms with E-state index in [0.717, 1.165) is 25.7 Å². The lowest BCUT2D eigenvalue weighted by atomic mass is 10.2. The first-order chi connectivity index (χ1) is 12.7. The van der Waals surface area contributed by atoms with Crippen molar-refractivity contribution in [2.24, 2.45) is 0 Å². The molecule has 152 valence electrons.